The third kappa shape index (κ3) is 2.83. The Kier molecular flexibility index (Phi) is 4.13. The van der Waals surface area contributed by atoms with Crippen LogP contribution in [0.25, 0.3) is 16.8 Å². The normalized spacial score (nSPS) is 10.8. The zero-order valence-electron chi connectivity index (χ0n) is 15.4. The molecule has 0 spiro atoms. The maximum Gasteiger partial charge on any atom is 0.270 e. The van der Waals surface area contributed by atoms with E-state index in [4.69, 9.17) is 4.42 Å². The first-order valence-electron chi connectivity index (χ1n) is 8.69. The molecule has 0 N–H and O–H groups in total. The van der Waals surface area contributed by atoms with Crippen LogP contribution in [0, 0.1) is 18.8 Å². The Labute approximate surface area is 156 Å². The Bertz CT molecular complexity index is 1250. The number of hydrogen-bond acceptors (Lipinski definition) is 4. The molecule has 0 aliphatic heterocycles. The first-order chi connectivity index (χ1) is 13.1. The van der Waals surface area contributed by atoms with Gasteiger partial charge in [-0.2, -0.15) is 10.1 Å². The molecule has 0 aliphatic carbocycles. The van der Waals surface area contributed by atoms with Crippen LogP contribution in [0.15, 0.2) is 52.0 Å². The molecule has 0 radical (unpaired) electrons. The predicted molar refractivity (Wildman–Crippen MR) is 103 cm³/mol. The summed E-state index contributed by atoms with van der Waals surface area (Å²) in [6, 6.07) is 9.48. The van der Waals surface area contributed by atoms with Crippen LogP contribution in [0.5, 0.6) is 0 Å². The Morgan fingerprint density at radius 1 is 1.15 bits per heavy atom. The van der Waals surface area contributed by atoms with Gasteiger partial charge in [0.1, 0.15) is 17.5 Å². The number of fused-ring (bicyclic) bond motifs is 1. The van der Waals surface area contributed by atoms with Gasteiger partial charge in [-0.25, -0.2) is 0 Å². The largest absolute Gasteiger partial charge is 0.445 e. The highest BCUT2D eigenvalue weighted by molar-refractivity contribution is 5.81. The average Bonchev–Trinajstić information content (AvgIpc) is 3.24. The summed E-state index contributed by atoms with van der Waals surface area (Å²) in [7, 11) is 1.86. The molecule has 134 valence electrons. The number of aromatic nitrogens is 4. The molecule has 0 saturated heterocycles. The molecule has 0 bridgehead atoms. The first-order valence-corrected chi connectivity index (χ1v) is 8.69. The van der Waals surface area contributed by atoms with Crippen molar-refractivity contribution in [2.45, 2.75) is 20.3 Å². The van der Waals surface area contributed by atoms with Gasteiger partial charge in [0.2, 0.25) is 5.71 Å². The fourth-order valence-corrected chi connectivity index (χ4v) is 2.96. The van der Waals surface area contributed by atoms with Crippen LogP contribution in [-0.2, 0) is 13.5 Å². The molecule has 1 aromatic carbocycles. The molecule has 0 fully saturated rings. The number of nitrogens with zero attached hydrogens (tertiary/aromatic N) is 4. The molecule has 4 aromatic rings. The number of benzene rings is 1. The van der Waals surface area contributed by atoms with E-state index < -0.39 is 0 Å². The molecule has 3 aromatic heterocycles. The van der Waals surface area contributed by atoms with Crippen LogP contribution >= 0.6 is 0 Å². The lowest BCUT2D eigenvalue weighted by molar-refractivity contribution is 0.596. The summed E-state index contributed by atoms with van der Waals surface area (Å²) in [6.45, 7) is 3.91. The van der Waals surface area contributed by atoms with E-state index in [0.29, 0.717) is 28.9 Å². The fourth-order valence-electron chi connectivity index (χ4n) is 2.96. The molecular formula is C21H18N4O2. The lowest BCUT2D eigenvalue weighted by atomic mass is 10.2. The monoisotopic (exact) mass is 358 g/mol. The molecular weight excluding hydrogens is 340 g/mol. The van der Waals surface area contributed by atoms with Gasteiger partial charge in [-0.05, 0) is 19.1 Å². The average molecular weight is 358 g/mol. The predicted octanol–water partition coefficient (Wildman–Crippen LogP) is 2.98. The minimum Gasteiger partial charge on any atom is -0.445 e. The van der Waals surface area contributed by atoms with Crippen molar-refractivity contribution < 1.29 is 4.42 Å². The van der Waals surface area contributed by atoms with Crippen LogP contribution in [0.4, 0.5) is 0 Å². The van der Waals surface area contributed by atoms with Crippen molar-refractivity contribution >= 4 is 11.1 Å². The smallest absolute Gasteiger partial charge is 0.270 e. The SMILES string of the molecule is CCc1nc2occ(C#Cc3cnn(C)c3C)c2c(=O)n1-c1ccccc1. The van der Waals surface area contributed by atoms with Crippen molar-refractivity contribution in [2.24, 2.45) is 7.05 Å². The van der Waals surface area contributed by atoms with Gasteiger partial charge in [0.15, 0.2) is 0 Å². The molecule has 0 aliphatic rings. The summed E-state index contributed by atoms with van der Waals surface area (Å²) in [5, 5.41) is 4.58. The van der Waals surface area contributed by atoms with E-state index in [-0.39, 0.29) is 5.56 Å². The van der Waals surface area contributed by atoms with Gasteiger partial charge in [-0.15, -0.1) is 0 Å². The molecule has 6 nitrogen and oxygen atoms in total. The maximum absolute atomic E-state index is 13.3. The first kappa shape index (κ1) is 16.9. The Balaban J connectivity index is 1.93. The highest BCUT2D eigenvalue weighted by atomic mass is 16.3. The quantitative estimate of drug-likeness (QED) is 0.517. The minimum atomic E-state index is -0.177. The highest BCUT2D eigenvalue weighted by Gasteiger charge is 2.17. The van der Waals surface area contributed by atoms with Crippen molar-refractivity contribution in [2.75, 3.05) is 0 Å². The topological polar surface area (TPSA) is 65.8 Å². The van der Waals surface area contributed by atoms with Crippen molar-refractivity contribution in [3.8, 4) is 17.5 Å². The molecule has 6 heteroatoms. The van der Waals surface area contributed by atoms with Crippen LogP contribution in [0.2, 0.25) is 0 Å². The number of aryl methyl sites for hydroxylation is 2. The van der Waals surface area contributed by atoms with Crippen LogP contribution < -0.4 is 5.56 Å². The Morgan fingerprint density at radius 2 is 1.89 bits per heavy atom. The van der Waals surface area contributed by atoms with E-state index in [0.717, 1.165) is 16.9 Å². The second-order valence-electron chi connectivity index (χ2n) is 6.20. The van der Waals surface area contributed by atoms with Gasteiger partial charge in [0.25, 0.3) is 5.56 Å². The summed E-state index contributed by atoms with van der Waals surface area (Å²) < 4.78 is 8.92. The summed E-state index contributed by atoms with van der Waals surface area (Å²) in [4.78, 5) is 17.8. The van der Waals surface area contributed by atoms with Crippen LogP contribution in [0.3, 0.4) is 0 Å². The van der Waals surface area contributed by atoms with E-state index in [9.17, 15) is 4.79 Å². The third-order valence-corrected chi connectivity index (χ3v) is 4.57. The lowest BCUT2D eigenvalue weighted by Gasteiger charge is -2.10. The van der Waals surface area contributed by atoms with Crippen molar-refractivity contribution in [3.05, 3.63) is 75.8 Å². The number of furan rings is 1. The van der Waals surface area contributed by atoms with E-state index in [1.54, 1.807) is 15.4 Å². The van der Waals surface area contributed by atoms with Gasteiger partial charge in [-0.3, -0.25) is 14.0 Å². The van der Waals surface area contributed by atoms with Gasteiger partial charge in [-0.1, -0.05) is 37.0 Å². The van der Waals surface area contributed by atoms with Crippen molar-refractivity contribution in [3.63, 3.8) is 0 Å². The van der Waals surface area contributed by atoms with Crippen LogP contribution in [-0.4, -0.2) is 19.3 Å². The maximum atomic E-state index is 13.3. The summed E-state index contributed by atoms with van der Waals surface area (Å²) in [6.07, 6.45) is 3.81. The van der Waals surface area contributed by atoms with Gasteiger partial charge >= 0.3 is 0 Å². The molecule has 0 atom stereocenters. The van der Waals surface area contributed by atoms with Crippen LogP contribution in [0.1, 0.15) is 29.6 Å². The molecule has 3 heterocycles. The lowest BCUT2D eigenvalue weighted by Crippen LogP contribution is -2.23. The highest BCUT2D eigenvalue weighted by Crippen LogP contribution is 2.18. The number of hydrogen-bond donors (Lipinski definition) is 0. The Hall–Kier alpha value is -3.59. The molecule has 27 heavy (non-hydrogen) atoms. The summed E-state index contributed by atoms with van der Waals surface area (Å²) >= 11 is 0. The van der Waals surface area contributed by atoms with E-state index in [1.165, 1.54) is 6.26 Å². The van der Waals surface area contributed by atoms with Gasteiger partial charge in [0.05, 0.1) is 28.7 Å². The molecule has 0 saturated carbocycles. The zero-order valence-corrected chi connectivity index (χ0v) is 15.4. The van der Waals surface area contributed by atoms with E-state index >= 15 is 0 Å². The zero-order chi connectivity index (χ0) is 19.0. The van der Waals surface area contributed by atoms with Gasteiger partial charge in [0, 0.05) is 13.5 Å². The summed E-state index contributed by atoms with van der Waals surface area (Å²) in [5.41, 5.74) is 3.21. The van der Waals surface area contributed by atoms with Gasteiger partial charge < -0.3 is 4.42 Å². The number of rotatable bonds is 2. The molecule has 4 rings (SSSR count). The molecule has 0 unspecified atom stereocenters. The van der Waals surface area contributed by atoms with Crippen molar-refractivity contribution in [1.82, 2.24) is 19.3 Å². The van der Waals surface area contributed by atoms with E-state index in [1.807, 2.05) is 51.2 Å². The minimum absolute atomic E-state index is 0.177. The summed E-state index contributed by atoms with van der Waals surface area (Å²) in [5.74, 6) is 6.77. The second kappa shape index (κ2) is 6.61. The standard InChI is InChI=1S/C21H18N4O2/c1-4-18-23-20-19(21(26)25(18)17-8-6-5-7-9-17)16(13-27-20)11-10-15-12-22-24(3)14(15)2/h5-9,12-13H,4H2,1-3H3. The molecule has 0 amide bonds. The fraction of sp³-hybridized carbons (Fsp3) is 0.190. The number of para-hydroxylation sites is 1. The third-order valence-electron chi connectivity index (χ3n) is 4.57. The second-order valence-corrected chi connectivity index (χ2v) is 6.20. The van der Waals surface area contributed by atoms with E-state index in [2.05, 4.69) is 21.9 Å². The Morgan fingerprint density at radius 3 is 2.56 bits per heavy atom. The van der Waals surface area contributed by atoms with Crippen molar-refractivity contribution in [1.29, 1.82) is 0 Å².